The molecule has 4 rings (SSSR count). The lowest BCUT2D eigenvalue weighted by Crippen LogP contribution is -2.18. The molecule has 3 aromatic carbocycles. The molecule has 0 aliphatic carbocycles. The second kappa shape index (κ2) is 8.92. The van der Waals surface area contributed by atoms with Gasteiger partial charge in [0, 0.05) is 17.2 Å². The molecule has 0 saturated carbocycles. The molecule has 0 spiro atoms. The number of hydrogen-bond donors (Lipinski definition) is 1. The van der Waals surface area contributed by atoms with Crippen molar-refractivity contribution in [2.75, 3.05) is 0 Å². The monoisotopic (exact) mass is 429 g/mol. The Labute approximate surface area is 181 Å². The smallest absolute Gasteiger partial charge is 0.379 e. The summed E-state index contributed by atoms with van der Waals surface area (Å²) in [5, 5.41) is 17.0. The predicted molar refractivity (Wildman–Crippen MR) is 116 cm³/mol. The molecule has 1 amide bonds. The van der Waals surface area contributed by atoms with E-state index >= 15 is 0 Å². The van der Waals surface area contributed by atoms with Gasteiger partial charge in [-0.3, -0.25) is 14.9 Å². The summed E-state index contributed by atoms with van der Waals surface area (Å²) in [7, 11) is 0. The summed E-state index contributed by atoms with van der Waals surface area (Å²) >= 11 is 0. The van der Waals surface area contributed by atoms with Crippen LogP contribution in [0.25, 0.3) is 10.8 Å². The Morgan fingerprint density at radius 3 is 2.56 bits per heavy atom. The van der Waals surface area contributed by atoms with E-state index in [0.717, 1.165) is 10.8 Å². The van der Waals surface area contributed by atoms with Gasteiger partial charge in [-0.25, -0.2) is 10.2 Å². The number of carbonyl (C=O) groups is 2. The molecular formula is C23H15N3O6. The number of fused-ring (bicyclic) bond motifs is 1. The number of nitro benzene ring substituents is 1. The first-order chi connectivity index (χ1) is 15.5. The minimum atomic E-state index is -0.904. The first-order valence-corrected chi connectivity index (χ1v) is 9.39. The highest BCUT2D eigenvalue weighted by molar-refractivity contribution is 6.07. The number of carbonyl (C=O) groups excluding carboxylic acids is 2. The fourth-order valence-electron chi connectivity index (χ4n) is 3.08. The van der Waals surface area contributed by atoms with Crippen molar-refractivity contribution in [2.45, 2.75) is 0 Å². The van der Waals surface area contributed by atoms with E-state index in [2.05, 4.69) is 10.5 Å². The third kappa shape index (κ3) is 4.21. The summed E-state index contributed by atoms with van der Waals surface area (Å²) in [6.45, 7) is 0. The topological polar surface area (TPSA) is 124 Å². The second-order valence-corrected chi connectivity index (χ2v) is 6.55. The number of nitrogens with zero attached hydrogens (tertiary/aromatic N) is 2. The number of hydrogen-bond acceptors (Lipinski definition) is 7. The van der Waals surface area contributed by atoms with Gasteiger partial charge in [-0.2, -0.15) is 5.10 Å². The van der Waals surface area contributed by atoms with Gasteiger partial charge in [0.25, 0.3) is 5.91 Å². The number of benzene rings is 3. The van der Waals surface area contributed by atoms with Crippen LogP contribution in [0.3, 0.4) is 0 Å². The molecule has 9 nitrogen and oxygen atoms in total. The summed E-state index contributed by atoms with van der Waals surface area (Å²) < 4.78 is 10.2. The molecule has 1 heterocycles. The van der Waals surface area contributed by atoms with Crippen LogP contribution in [0, 0.1) is 10.1 Å². The van der Waals surface area contributed by atoms with Crippen molar-refractivity contribution in [3.63, 3.8) is 0 Å². The molecule has 1 aromatic heterocycles. The Kier molecular flexibility index (Phi) is 5.71. The normalized spacial score (nSPS) is 10.9. The molecule has 0 radical (unpaired) electrons. The fraction of sp³-hybridized carbons (Fsp3) is 0. The molecule has 0 saturated heterocycles. The Morgan fingerprint density at radius 1 is 1.00 bits per heavy atom. The zero-order valence-corrected chi connectivity index (χ0v) is 16.4. The molecule has 0 aliphatic rings. The van der Waals surface area contributed by atoms with E-state index in [9.17, 15) is 19.7 Å². The Morgan fingerprint density at radius 2 is 1.78 bits per heavy atom. The lowest BCUT2D eigenvalue weighted by atomic mass is 10.0. The van der Waals surface area contributed by atoms with Gasteiger partial charge in [0.05, 0.1) is 17.4 Å². The van der Waals surface area contributed by atoms with Gasteiger partial charge in [-0.15, -0.1) is 0 Å². The minimum absolute atomic E-state index is 0.115. The zero-order chi connectivity index (χ0) is 22.5. The third-order valence-electron chi connectivity index (χ3n) is 4.54. The van der Waals surface area contributed by atoms with Crippen LogP contribution in [-0.2, 0) is 0 Å². The number of para-hydroxylation sites is 1. The quantitative estimate of drug-likeness (QED) is 0.160. The molecule has 0 bridgehead atoms. The maximum atomic E-state index is 12.6. The molecule has 158 valence electrons. The minimum Gasteiger partial charge on any atom is -0.457 e. The molecule has 9 heteroatoms. The molecule has 1 N–H and O–H groups in total. The molecule has 32 heavy (non-hydrogen) atoms. The number of hydrazone groups is 1. The summed E-state index contributed by atoms with van der Waals surface area (Å²) in [5.74, 6) is -1.80. The van der Waals surface area contributed by atoms with Crippen molar-refractivity contribution < 1.29 is 23.7 Å². The van der Waals surface area contributed by atoms with Gasteiger partial charge in [0.15, 0.2) is 0 Å². The second-order valence-electron chi connectivity index (χ2n) is 6.55. The van der Waals surface area contributed by atoms with Crippen molar-refractivity contribution in [3.05, 3.63) is 106 Å². The van der Waals surface area contributed by atoms with Gasteiger partial charge in [0.1, 0.15) is 0 Å². The number of rotatable bonds is 6. The molecule has 4 aromatic rings. The van der Waals surface area contributed by atoms with E-state index in [1.54, 1.807) is 12.1 Å². The summed E-state index contributed by atoms with van der Waals surface area (Å²) in [5.41, 5.74) is 2.50. The maximum absolute atomic E-state index is 12.6. The van der Waals surface area contributed by atoms with Crippen LogP contribution in [0.5, 0.6) is 5.75 Å². The van der Waals surface area contributed by atoms with E-state index in [1.165, 1.54) is 42.8 Å². The van der Waals surface area contributed by atoms with Gasteiger partial charge in [0.2, 0.25) is 11.5 Å². The largest absolute Gasteiger partial charge is 0.457 e. The van der Waals surface area contributed by atoms with Crippen molar-refractivity contribution in [3.8, 4) is 5.75 Å². The number of esters is 1. The average molecular weight is 429 g/mol. The lowest BCUT2D eigenvalue weighted by Gasteiger charge is -2.07. The van der Waals surface area contributed by atoms with Crippen LogP contribution < -0.4 is 10.2 Å². The van der Waals surface area contributed by atoms with Crippen molar-refractivity contribution in [2.24, 2.45) is 5.10 Å². The molecule has 0 fully saturated rings. The Hall–Kier alpha value is -4.79. The van der Waals surface area contributed by atoms with E-state index < -0.39 is 22.5 Å². The van der Waals surface area contributed by atoms with Crippen LogP contribution in [0.2, 0.25) is 0 Å². The highest BCUT2D eigenvalue weighted by atomic mass is 16.6. The van der Waals surface area contributed by atoms with E-state index in [0.29, 0.717) is 5.56 Å². The number of amides is 1. The summed E-state index contributed by atoms with van der Waals surface area (Å²) in [6.07, 6.45) is 2.45. The molecular weight excluding hydrogens is 414 g/mol. The van der Waals surface area contributed by atoms with E-state index in [4.69, 9.17) is 9.15 Å². The SMILES string of the molecule is O=C(Oc1c(/C=N/NC(=O)c2cccc3ccccc23)cccc1[N+](=O)[O-])c1ccco1. The zero-order valence-electron chi connectivity index (χ0n) is 16.4. The average Bonchev–Trinajstić information content (AvgIpc) is 3.34. The third-order valence-corrected chi connectivity index (χ3v) is 4.54. The van der Waals surface area contributed by atoms with E-state index in [-0.39, 0.29) is 17.1 Å². The summed E-state index contributed by atoms with van der Waals surface area (Å²) in [4.78, 5) is 35.6. The van der Waals surface area contributed by atoms with Gasteiger partial charge in [-0.1, -0.05) is 42.5 Å². The first kappa shape index (κ1) is 20.5. The number of nitro groups is 1. The van der Waals surface area contributed by atoms with Crippen LogP contribution in [0.4, 0.5) is 5.69 Å². The Bertz CT molecular complexity index is 1340. The molecule has 0 aliphatic heterocycles. The van der Waals surface area contributed by atoms with Crippen molar-refractivity contribution in [1.29, 1.82) is 0 Å². The fourth-order valence-corrected chi connectivity index (χ4v) is 3.08. The number of ether oxygens (including phenoxy) is 1. The maximum Gasteiger partial charge on any atom is 0.379 e. The Balaban J connectivity index is 1.59. The lowest BCUT2D eigenvalue weighted by molar-refractivity contribution is -0.385. The van der Waals surface area contributed by atoms with Crippen LogP contribution in [0.15, 0.2) is 88.6 Å². The van der Waals surface area contributed by atoms with Crippen LogP contribution in [-0.4, -0.2) is 23.0 Å². The highest BCUT2D eigenvalue weighted by Crippen LogP contribution is 2.30. The molecule has 0 unspecified atom stereocenters. The number of furan rings is 1. The van der Waals surface area contributed by atoms with Crippen LogP contribution in [0.1, 0.15) is 26.5 Å². The highest BCUT2D eigenvalue weighted by Gasteiger charge is 2.23. The standard InChI is InChI=1S/C23H15N3O6/c27-22(18-10-3-7-15-6-1-2-9-17(15)18)25-24-14-16-8-4-11-19(26(29)30)21(16)32-23(28)20-12-5-13-31-20/h1-14H,(H,25,27)/b24-14+. The van der Waals surface area contributed by atoms with Gasteiger partial charge < -0.3 is 9.15 Å². The molecule has 0 atom stereocenters. The van der Waals surface area contributed by atoms with E-state index in [1.807, 2.05) is 30.3 Å². The number of nitrogens with one attached hydrogen (secondary N) is 1. The first-order valence-electron chi connectivity index (χ1n) is 9.39. The predicted octanol–water partition coefficient (Wildman–Crippen LogP) is 4.32. The van der Waals surface area contributed by atoms with Crippen LogP contribution >= 0.6 is 0 Å². The van der Waals surface area contributed by atoms with Gasteiger partial charge >= 0.3 is 11.7 Å². The van der Waals surface area contributed by atoms with Crippen molar-refractivity contribution in [1.82, 2.24) is 5.43 Å². The van der Waals surface area contributed by atoms with Gasteiger partial charge in [-0.05, 0) is 35.0 Å². The van der Waals surface area contributed by atoms with Crippen molar-refractivity contribution >= 4 is 34.6 Å². The summed E-state index contributed by atoms with van der Waals surface area (Å²) in [6, 6.07) is 19.6.